The molecule has 0 atom stereocenters. The van der Waals surface area contributed by atoms with Crippen molar-refractivity contribution in [2.45, 2.75) is 32.9 Å². The van der Waals surface area contributed by atoms with Crippen molar-refractivity contribution in [1.82, 2.24) is 4.57 Å². The maximum Gasteiger partial charge on any atom is 0.302 e. The molecule has 1 aliphatic rings. The molecule has 1 aliphatic carbocycles. The lowest BCUT2D eigenvalue weighted by molar-refractivity contribution is -0.142. The zero-order valence-electron chi connectivity index (χ0n) is 12.7. The second-order valence-electron chi connectivity index (χ2n) is 6.20. The Morgan fingerprint density at radius 1 is 1.14 bits per heavy atom. The second kappa shape index (κ2) is 5.16. The van der Waals surface area contributed by atoms with Crippen LogP contribution in [0.3, 0.4) is 0 Å². The molecule has 4 rings (SSSR count). The molecule has 0 aliphatic heterocycles. The van der Waals surface area contributed by atoms with Gasteiger partial charge in [0.2, 0.25) is 0 Å². The first-order chi connectivity index (χ1) is 10.7. The van der Waals surface area contributed by atoms with E-state index in [1.165, 1.54) is 41.6 Å². The Kier molecular flexibility index (Phi) is 3.14. The number of hydrogen-bond acceptors (Lipinski definition) is 2. The molecule has 3 nitrogen and oxygen atoms in total. The minimum Gasteiger partial charge on any atom is -0.461 e. The summed E-state index contributed by atoms with van der Waals surface area (Å²) in [5.41, 5.74) is 3.62. The SMILES string of the molecule is CC(=O)OCc1ccc2c(c1)c1ccccc1n2CC1CC1. The Labute approximate surface area is 129 Å². The summed E-state index contributed by atoms with van der Waals surface area (Å²) in [7, 11) is 0. The molecule has 0 radical (unpaired) electrons. The molecular weight excluding hydrogens is 274 g/mol. The lowest BCUT2D eigenvalue weighted by Gasteiger charge is -2.07. The predicted octanol–water partition coefficient (Wildman–Crippen LogP) is 4.27. The normalized spacial score (nSPS) is 14.6. The van der Waals surface area contributed by atoms with E-state index in [1.807, 2.05) is 0 Å². The molecule has 0 amide bonds. The third kappa shape index (κ3) is 2.37. The summed E-state index contributed by atoms with van der Waals surface area (Å²) in [6, 6.07) is 14.9. The first-order valence-electron chi connectivity index (χ1n) is 7.85. The maximum atomic E-state index is 11.0. The number of fused-ring (bicyclic) bond motifs is 3. The molecule has 0 saturated heterocycles. The molecule has 0 unspecified atom stereocenters. The molecule has 0 bridgehead atoms. The van der Waals surface area contributed by atoms with Crippen molar-refractivity contribution < 1.29 is 9.53 Å². The molecule has 2 aromatic carbocycles. The van der Waals surface area contributed by atoms with E-state index in [2.05, 4.69) is 47.0 Å². The van der Waals surface area contributed by atoms with Crippen molar-refractivity contribution in [2.24, 2.45) is 5.92 Å². The third-order valence-corrected chi connectivity index (χ3v) is 4.42. The first kappa shape index (κ1) is 13.4. The van der Waals surface area contributed by atoms with E-state index in [0.717, 1.165) is 18.0 Å². The lowest BCUT2D eigenvalue weighted by Crippen LogP contribution is -2.00. The number of hydrogen-bond donors (Lipinski definition) is 0. The van der Waals surface area contributed by atoms with Crippen LogP contribution in [0.4, 0.5) is 0 Å². The van der Waals surface area contributed by atoms with Crippen LogP contribution in [0.1, 0.15) is 25.3 Å². The number of benzene rings is 2. The Hall–Kier alpha value is -2.29. The molecule has 0 N–H and O–H groups in total. The highest BCUT2D eigenvalue weighted by Crippen LogP contribution is 2.36. The monoisotopic (exact) mass is 293 g/mol. The van der Waals surface area contributed by atoms with Crippen molar-refractivity contribution >= 4 is 27.8 Å². The largest absolute Gasteiger partial charge is 0.461 e. The number of carbonyl (C=O) groups is 1. The van der Waals surface area contributed by atoms with Gasteiger partial charge in [0, 0.05) is 35.3 Å². The number of ether oxygens (including phenoxy) is 1. The quantitative estimate of drug-likeness (QED) is 0.673. The fourth-order valence-electron chi connectivity index (χ4n) is 3.13. The van der Waals surface area contributed by atoms with Gasteiger partial charge < -0.3 is 9.30 Å². The smallest absolute Gasteiger partial charge is 0.302 e. The van der Waals surface area contributed by atoms with Crippen LogP contribution >= 0.6 is 0 Å². The summed E-state index contributed by atoms with van der Waals surface area (Å²) in [6.07, 6.45) is 2.69. The average Bonchev–Trinajstić information content (AvgIpc) is 3.29. The highest BCUT2D eigenvalue weighted by molar-refractivity contribution is 6.08. The van der Waals surface area contributed by atoms with Gasteiger partial charge in [0.25, 0.3) is 0 Å². The van der Waals surface area contributed by atoms with Gasteiger partial charge in [0.1, 0.15) is 6.61 Å². The molecular formula is C19H19NO2. The van der Waals surface area contributed by atoms with Crippen LogP contribution < -0.4 is 0 Å². The number of nitrogens with zero attached hydrogens (tertiary/aromatic N) is 1. The first-order valence-corrected chi connectivity index (χ1v) is 7.85. The summed E-state index contributed by atoms with van der Waals surface area (Å²) in [6.45, 7) is 2.89. The molecule has 1 heterocycles. The fraction of sp³-hybridized carbons (Fsp3) is 0.316. The van der Waals surface area contributed by atoms with Gasteiger partial charge in [-0.3, -0.25) is 4.79 Å². The molecule has 1 fully saturated rings. The summed E-state index contributed by atoms with van der Waals surface area (Å²) < 4.78 is 7.57. The highest BCUT2D eigenvalue weighted by atomic mass is 16.5. The number of para-hydroxylation sites is 1. The summed E-state index contributed by atoms with van der Waals surface area (Å²) >= 11 is 0. The summed E-state index contributed by atoms with van der Waals surface area (Å²) in [4.78, 5) is 11.0. The third-order valence-electron chi connectivity index (χ3n) is 4.42. The summed E-state index contributed by atoms with van der Waals surface area (Å²) in [5, 5.41) is 2.53. The van der Waals surface area contributed by atoms with E-state index < -0.39 is 0 Å². The highest BCUT2D eigenvalue weighted by Gasteiger charge is 2.23. The van der Waals surface area contributed by atoms with E-state index in [-0.39, 0.29) is 5.97 Å². The van der Waals surface area contributed by atoms with Gasteiger partial charge in [-0.2, -0.15) is 0 Å². The Bertz CT molecular complexity index is 858. The van der Waals surface area contributed by atoms with Gasteiger partial charge in [-0.1, -0.05) is 24.3 Å². The van der Waals surface area contributed by atoms with Crippen LogP contribution in [0.2, 0.25) is 0 Å². The van der Waals surface area contributed by atoms with Gasteiger partial charge in [0.05, 0.1) is 0 Å². The Morgan fingerprint density at radius 3 is 2.68 bits per heavy atom. The molecule has 0 spiro atoms. The van der Waals surface area contributed by atoms with Crippen molar-refractivity contribution in [3.05, 3.63) is 48.0 Å². The minimum absolute atomic E-state index is 0.240. The molecule has 112 valence electrons. The summed E-state index contributed by atoms with van der Waals surface area (Å²) in [5.74, 6) is 0.594. The van der Waals surface area contributed by atoms with Crippen molar-refractivity contribution in [3.63, 3.8) is 0 Å². The van der Waals surface area contributed by atoms with Crippen molar-refractivity contribution in [3.8, 4) is 0 Å². The van der Waals surface area contributed by atoms with E-state index in [1.54, 1.807) is 0 Å². The molecule has 22 heavy (non-hydrogen) atoms. The fourth-order valence-corrected chi connectivity index (χ4v) is 3.13. The van der Waals surface area contributed by atoms with Crippen LogP contribution in [0, 0.1) is 5.92 Å². The van der Waals surface area contributed by atoms with Crippen LogP contribution in [0.25, 0.3) is 21.8 Å². The van der Waals surface area contributed by atoms with Gasteiger partial charge >= 0.3 is 5.97 Å². The molecule has 3 aromatic rings. The Balaban J connectivity index is 1.84. The van der Waals surface area contributed by atoms with Crippen LogP contribution in [-0.4, -0.2) is 10.5 Å². The van der Waals surface area contributed by atoms with Gasteiger partial charge in [0.15, 0.2) is 0 Å². The van der Waals surface area contributed by atoms with Crippen LogP contribution in [0.15, 0.2) is 42.5 Å². The minimum atomic E-state index is -0.240. The topological polar surface area (TPSA) is 31.2 Å². The second-order valence-corrected chi connectivity index (χ2v) is 6.20. The predicted molar refractivity (Wildman–Crippen MR) is 87.6 cm³/mol. The number of carbonyl (C=O) groups excluding carboxylic acids is 1. The number of rotatable bonds is 4. The maximum absolute atomic E-state index is 11.0. The van der Waals surface area contributed by atoms with E-state index in [4.69, 9.17) is 4.74 Å². The van der Waals surface area contributed by atoms with E-state index in [0.29, 0.717) is 6.61 Å². The average molecular weight is 293 g/mol. The number of esters is 1. The van der Waals surface area contributed by atoms with E-state index >= 15 is 0 Å². The standard InChI is InChI=1S/C19H19NO2/c1-13(21)22-12-15-8-9-19-17(10-15)16-4-2-3-5-18(16)20(19)11-14-6-7-14/h2-5,8-10,14H,6-7,11-12H2,1H3. The molecule has 1 aromatic heterocycles. The van der Waals surface area contributed by atoms with Gasteiger partial charge in [-0.05, 0) is 42.5 Å². The molecule has 1 saturated carbocycles. The Morgan fingerprint density at radius 2 is 1.91 bits per heavy atom. The number of aromatic nitrogens is 1. The van der Waals surface area contributed by atoms with Crippen molar-refractivity contribution in [2.75, 3.05) is 0 Å². The zero-order valence-corrected chi connectivity index (χ0v) is 12.7. The van der Waals surface area contributed by atoms with Gasteiger partial charge in [-0.25, -0.2) is 0 Å². The zero-order chi connectivity index (χ0) is 15.1. The van der Waals surface area contributed by atoms with Crippen LogP contribution in [0.5, 0.6) is 0 Å². The van der Waals surface area contributed by atoms with E-state index in [9.17, 15) is 4.79 Å². The molecule has 3 heteroatoms. The van der Waals surface area contributed by atoms with Crippen molar-refractivity contribution in [1.29, 1.82) is 0 Å². The van der Waals surface area contributed by atoms with Crippen LogP contribution in [-0.2, 0) is 22.7 Å². The lowest BCUT2D eigenvalue weighted by atomic mass is 10.1. The van der Waals surface area contributed by atoms with Gasteiger partial charge in [-0.15, -0.1) is 0 Å².